The summed E-state index contributed by atoms with van der Waals surface area (Å²) in [5.74, 6) is -0.197. The van der Waals surface area contributed by atoms with Gasteiger partial charge in [0, 0.05) is 10.8 Å². The van der Waals surface area contributed by atoms with Crippen LogP contribution in [0, 0.1) is 6.92 Å². The predicted octanol–water partition coefficient (Wildman–Crippen LogP) is 2.99. The second-order valence-electron chi connectivity index (χ2n) is 3.83. The Kier molecular flexibility index (Phi) is 3.39. The van der Waals surface area contributed by atoms with Crippen molar-refractivity contribution in [2.45, 2.75) is 6.92 Å². The molecule has 18 heavy (non-hydrogen) atoms. The summed E-state index contributed by atoms with van der Waals surface area (Å²) in [5.41, 5.74) is 1.14. The molecule has 0 N–H and O–H groups in total. The van der Waals surface area contributed by atoms with E-state index in [0.29, 0.717) is 5.75 Å². The Morgan fingerprint density at radius 1 is 1.28 bits per heavy atom. The molecule has 1 aromatic heterocycles. The fourth-order valence-electron chi connectivity index (χ4n) is 1.81. The van der Waals surface area contributed by atoms with Crippen molar-refractivity contribution >= 4 is 28.3 Å². The summed E-state index contributed by atoms with van der Waals surface area (Å²) in [6, 6.07) is 5.67. The molecule has 94 valence electrons. The van der Waals surface area contributed by atoms with Gasteiger partial charge in [0.1, 0.15) is 5.15 Å². The quantitative estimate of drug-likeness (QED) is 0.619. The first-order valence-corrected chi connectivity index (χ1v) is 5.68. The van der Waals surface area contributed by atoms with Gasteiger partial charge in [0.2, 0.25) is 0 Å². The van der Waals surface area contributed by atoms with E-state index in [1.54, 1.807) is 0 Å². The first-order chi connectivity index (χ1) is 8.58. The summed E-state index contributed by atoms with van der Waals surface area (Å²) >= 11 is 6.09. The molecule has 4 nitrogen and oxygen atoms in total. The summed E-state index contributed by atoms with van der Waals surface area (Å²) in [4.78, 5) is 15.7. The van der Waals surface area contributed by atoms with Gasteiger partial charge in [-0.3, -0.25) is 0 Å². The van der Waals surface area contributed by atoms with E-state index in [4.69, 9.17) is 16.3 Å². The second kappa shape index (κ2) is 4.82. The smallest absolute Gasteiger partial charge is 0.360 e. The topological polar surface area (TPSA) is 48.4 Å². The lowest BCUT2D eigenvalue weighted by atomic mass is 10.1. The second-order valence-corrected chi connectivity index (χ2v) is 4.18. The van der Waals surface area contributed by atoms with Crippen molar-refractivity contribution in [2.24, 2.45) is 0 Å². The highest BCUT2D eigenvalue weighted by Crippen LogP contribution is 2.33. The number of aryl methyl sites for hydroxylation is 1. The molecule has 0 saturated heterocycles. The van der Waals surface area contributed by atoms with Gasteiger partial charge in [0.15, 0.2) is 11.4 Å². The van der Waals surface area contributed by atoms with Crippen LogP contribution in [0.2, 0.25) is 5.15 Å². The predicted molar refractivity (Wildman–Crippen MR) is 69.4 cm³/mol. The van der Waals surface area contributed by atoms with Crippen LogP contribution in [0.25, 0.3) is 10.8 Å². The van der Waals surface area contributed by atoms with Gasteiger partial charge in [-0.25, -0.2) is 9.78 Å². The number of carbonyl (C=O) groups excluding carboxylic acids is 1. The van der Waals surface area contributed by atoms with Crippen LogP contribution in [-0.4, -0.2) is 25.2 Å². The third-order valence-corrected chi connectivity index (χ3v) is 2.94. The Hall–Kier alpha value is -1.81. The number of benzene rings is 1. The van der Waals surface area contributed by atoms with Crippen LogP contribution in [0.15, 0.2) is 18.2 Å². The monoisotopic (exact) mass is 265 g/mol. The summed E-state index contributed by atoms with van der Waals surface area (Å²) < 4.78 is 9.92. The number of nitrogens with zero attached hydrogens (tertiary/aromatic N) is 1. The van der Waals surface area contributed by atoms with E-state index < -0.39 is 5.97 Å². The molecule has 0 saturated carbocycles. The van der Waals surface area contributed by atoms with E-state index >= 15 is 0 Å². The lowest BCUT2D eigenvalue weighted by Gasteiger charge is -2.11. The summed E-state index contributed by atoms with van der Waals surface area (Å²) in [6.07, 6.45) is 0. The zero-order valence-corrected chi connectivity index (χ0v) is 11.0. The van der Waals surface area contributed by atoms with Crippen LogP contribution in [0.1, 0.15) is 16.1 Å². The van der Waals surface area contributed by atoms with Gasteiger partial charge in [0.05, 0.1) is 14.2 Å². The standard InChI is InChI=1S/C13H12ClNO3/c1-7-4-5-8-9(6-7)12(14)15-10(11(8)17-2)13(16)18-3/h4-6H,1-3H3. The first-order valence-electron chi connectivity index (χ1n) is 5.30. The third kappa shape index (κ3) is 1.99. The van der Waals surface area contributed by atoms with E-state index in [0.717, 1.165) is 16.3 Å². The molecule has 0 aliphatic heterocycles. The molecule has 5 heteroatoms. The molecule has 0 aliphatic carbocycles. The minimum atomic E-state index is -0.573. The van der Waals surface area contributed by atoms with Crippen LogP contribution in [0.4, 0.5) is 0 Å². The van der Waals surface area contributed by atoms with Gasteiger partial charge in [-0.2, -0.15) is 0 Å². The number of aromatic nitrogens is 1. The molecule has 1 heterocycles. The van der Waals surface area contributed by atoms with E-state index in [2.05, 4.69) is 9.72 Å². The van der Waals surface area contributed by atoms with Gasteiger partial charge < -0.3 is 9.47 Å². The van der Waals surface area contributed by atoms with E-state index in [1.165, 1.54) is 14.2 Å². The maximum atomic E-state index is 11.6. The average molecular weight is 266 g/mol. The molecule has 0 bridgehead atoms. The maximum Gasteiger partial charge on any atom is 0.360 e. The zero-order valence-electron chi connectivity index (χ0n) is 10.3. The lowest BCUT2D eigenvalue weighted by molar-refractivity contribution is 0.0590. The van der Waals surface area contributed by atoms with E-state index in [-0.39, 0.29) is 10.8 Å². The number of fused-ring (bicyclic) bond motifs is 1. The van der Waals surface area contributed by atoms with E-state index in [1.807, 2.05) is 25.1 Å². The Balaban J connectivity index is 2.83. The number of hydrogen-bond acceptors (Lipinski definition) is 4. The first kappa shape index (κ1) is 12.6. The van der Waals surface area contributed by atoms with Crippen molar-refractivity contribution < 1.29 is 14.3 Å². The van der Waals surface area contributed by atoms with Crippen LogP contribution >= 0.6 is 11.6 Å². The third-order valence-electron chi connectivity index (χ3n) is 2.65. The SMILES string of the molecule is COC(=O)c1nc(Cl)c2cc(C)ccc2c1OC. The van der Waals surface area contributed by atoms with Gasteiger partial charge in [-0.15, -0.1) is 0 Å². The van der Waals surface area contributed by atoms with Crippen LogP contribution < -0.4 is 4.74 Å². The molecule has 0 radical (unpaired) electrons. The van der Waals surface area contributed by atoms with Crippen molar-refractivity contribution in [1.29, 1.82) is 0 Å². The molecule has 2 rings (SSSR count). The summed E-state index contributed by atoms with van der Waals surface area (Å²) in [6.45, 7) is 1.95. The maximum absolute atomic E-state index is 11.6. The number of halogens is 1. The number of carbonyl (C=O) groups is 1. The van der Waals surface area contributed by atoms with Crippen molar-refractivity contribution in [3.05, 3.63) is 34.6 Å². The number of methoxy groups -OCH3 is 2. The normalized spacial score (nSPS) is 10.4. The number of rotatable bonds is 2. The van der Waals surface area contributed by atoms with Crippen LogP contribution in [0.5, 0.6) is 5.75 Å². The minimum absolute atomic E-state index is 0.0846. The largest absolute Gasteiger partial charge is 0.494 e. The fourth-order valence-corrected chi connectivity index (χ4v) is 2.05. The van der Waals surface area contributed by atoms with Crippen LogP contribution in [0.3, 0.4) is 0 Å². The fraction of sp³-hybridized carbons (Fsp3) is 0.231. The highest BCUT2D eigenvalue weighted by molar-refractivity contribution is 6.34. The summed E-state index contributed by atoms with van der Waals surface area (Å²) in [5, 5.41) is 1.75. The Morgan fingerprint density at radius 2 is 2.00 bits per heavy atom. The molecular formula is C13H12ClNO3. The van der Waals surface area contributed by atoms with Crippen molar-refractivity contribution in [2.75, 3.05) is 14.2 Å². The Morgan fingerprint density at radius 3 is 2.61 bits per heavy atom. The van der Waals surface area contributed by atoms with Crippen LogP contribution in [-0.2, 0) is 4.74 Å². The zero-order chi connectivity index (χ0) is 13.3. The molecule has 0 aliphatic rings. The highest BCUT2D eigenvalue weighted by Gasteiger charge is 2.20. The van der Waals surface area contributed by atoms with Crippen molar-refractivity contribution in [1.82, 2.24) is 4.98 Å². The Labute approximate surface area is 109 Å². The molecule has 1 aromatic carbocycles. The molecule has 0 spiro atoms. The number of ether oxygens (including phenoxy) is 2. The molecule has 0 fully saturated rings. The van der Waals surface area contributed by atoms with Gasteiger partial charge >= 0.3 is 5.97 Å². The van der Waals surface area contributed by atoms with Gasteiger partial charge in [-0.1, -0.05) is 29.3 Å². The average Bonchev–Trinajstić information content (AvgIpc) is 2.38. The molecular weight excluding hydrogens is 254 g/mol. The number of hydrogen-bond donors (Lipinski definition) is 0. The van der Waals surface area contributed by atoms with Crippen molar-refractivity contribution in [3.8, 4) is 5.75 Å². The van der Waals surface area contributed by atoms with E-state index in [9.17, 15) is 4.79 Å². The number of pyridine rings is 1. The van der Waals surface area contributed by atoms with Crippen molar-refractivity contribution in [3.63, 3.8) is 0 Å². The molecule has 0 unspecified atom stereocenters. The molecule has 2 aromatic rings. The lowest BCUT2D eigenvalue weighted by Crippen LogP contribution is -2.07. The van der Waals surface area contributed by atoms with Gasteiger partial charge in [-0.05, 0) is 13.0 Å². The van der Waals surface area contributed by atoms with Gasteiger partial charge in [0.25, 0.3) is 0 Å². The molecule has 0 amide bonds. The highest BCUT2D eigenvalue weighted by atomic mass is 35.5. The Bertz CT molecular complexity index is 625. The number of esters is 1. The summed E-state index contributed by atoms with van der Waals surface area (Å²) in [7, 11) is 2.77. The molecule has 0 atom stereocenters. The minimum Gasteiger partial charge on any atom is -0.494 e.